The summed E-state index contributed by atoms with van der Waals surface area (Å²) in [5.74, 6) is 0.636. The van der Waals surface area contributed by atoms with Gasteiger partial charge in [0.05, 0.1) is 16.8 Å². The zero-order valence-corrected chi connectivity index (χ0v) is 17.6. The van der Waals surface area contributed by atoms with Crippen LogP contribution in [0, 0.1) is 6.92 Å². The molecule has 0 N–H and O–H groups in total. The highest BCUT2D eigenvalue weighted by atomic mass is 32.2. The Balaban J connectivity index is 1.62. The van der Waals surface area contributed by atoms with Crippen LogP contribution in [0.5, 0.6) is 0 Å². The lowest BCUT2D eigenvalue weighted by Crippen LogP contribution is -2.48. The van der Waals surface area contributed by atoms with Gasteiger partial charge in [0.25, 0.3) is 0 Å². The minimum absolute atomic E-state index is 0.215. The number of aromatic nitrogens is 2. The van der Waals surface area contributed by atoms with Gasteiger partial charge in [0.1, 0.15) is 0 Å². The average Bonchev–Trinajstić information content (AvgIpc) is 3.05. The molecule has 0 bridgehead atoms. The van der Waals surface area contributed by atoms with Crippen LogP contribution in [0.25, 0.3) is 16.7 Å². The summed E-state index contributed by atoms with van der Waals surface area (Å²) in [6, 6.07) is 17.3. The zero-order valence-electron chi connectivity index (χ0n) is 16.8. The molecule has 5 heteroatoms. The van der Waals surface area contributed by atoms with E-state index in [4.69, 9.17) is 4.98 Å². The number of likely N-dealkylation sites (tertiary alicyclic amines) is 1. The Hall–Kier alpha value is -2.27. The molecule has 1 saturated heterocycles. The average molecular weight is 394 g/mol. The lowest BCUT2D eigenvalue weighted by Gasteiger charge is -2.39. The lowest BCUT2D eigenvalue weighted by atomic mass is 9.98. The van der Waals surface area contributed by atoms with E-state index in [1.807, 2.05) is 18.2 Å². The third kappa shape index (κ3) is 3.68. The van der Waals surface area contributed by atoms with Crippen molar-refractivity contribution in [2.45, 2.75) is 57.3 Å². The molecule has 1 aromatic heterocycles. The van der Waals surface area contributed by atoms with Crippen LogP contribution in [0.1, 0.15) is 38.7 Å². The number of benzene rings is 2. The molecule has 28 heavy (non-hydrogen) atoms. The molecule has 0 spiro atoms. The van der Waals surface area contributed by atoms with Crippen molar-refractivity contribution in [3.8, 4) is 5.69 Å². The molecule has 1 amide bonds. The largest absolute Gasteiger partial charge is 0.337 e. The summed E-state index contributed by atoms with van der Waals surface area (Å²) in [5.41, 5.74) is 4.33. The molecule has 1 aliphatic heterocycles. The molecule has 1 aliphatic rings. The van der Waals surface area contributed by atoms with E-state index in [9.17, 15) is 4.79 Å². The van der Waals surface area contributed by atoms with Crippen LogP contribution < -0.4 is 0 Å². The van der Waals surface area contributed by atoms with E-state index in [0.29, 0.717) is 17.8 Å². The standard InChI is InChI=1S/C23H27N3OS/c1-16-11-13-19(14-12-16)26-21-10-5-4-9-20(21)24-23(26)28-15-22(27)25-17(2)7-6-8-18(25)3/h4-5,9-14,17-18H,6-8,15H2,1-3H3/t17-,18+. The van der Waals surface area contributed by atoms with Gasteiger partial charge in [0.15, 0.2) is 5.16 Å². The number of para-hydroxylation sites is 2. The first kappa shape index (κ1) is 19.1. The van der Waals surface area contributed by atoms with E-state index >= 15 is 0 Å². The van der Waals surface area contributed by atoms with Gasteiger partial charge in [-0.25, -0.2) is 4.98 Å². The highest BCUT2D eigenvalue weighted by Gasteiger charge is 2.29. The van der Waals surface area contributed by atoms with Crippen LogP contribution in [0.3, 0.4) is 0 Å². The van der Waals surface area contributed by atoms with Crippen LogP contribution in [0.15, 0.2) is 53.7 Å². The second-order valence-corrected chi connectivity index (χ2v) is 8.72. The third-order valence-corrected chi connectivity index (χ3v) is 6.55. The summed E-state index contributed by atoms with van der Waals surface area (Å²) in [7, 11) is 0. The van der Waals surface area contributed by atoms with E-state index in [1.165, 1.54) is 23.7 Å². The second kappa shape index (κ2) is 8.00. The maximum Gasteiger partial charge on any atom is 0.233 e. The summed E-state index contributed by atoms with van der Waals surface area (Å²) in [5, 5.41) is 0.871. The summed E-state index contributed by atoms with van der Waals surface area (Å²) < 4.78 is 2.16. The van der Waals surface area contributed by atoms with E-state index in [-0.39, 0.29) is 5.91 Å². The van der Waals surface area contributed by atoms with Crippen LogP contribution in [0.2, 0.25) is 0 Å². The number of imidazole rings is 1. The molecule has 0 unspecified atom stereocenters. The van der Waals surface area contributed by atoms with Crippen molar-refractivity contribution in [2.75, 3.05) is 5.75 Å². The minimum atomic E-state index is 0.215. The number of hydrogen-bond acceptors (Lipinski definition) is 3. The third-order valence-electron chi connectivity index (χ3n) is 5.63. The SMILES string of the molecule is Cc1ccc(-n2c(SCC(=O)N3[C@H](C)CCC[C@@H]3C)nc3ccccc32)cc1. The molecule has 4 rings (SSSR count). The predicted octanol–water partition coefficient (Wildman–Crippen LogP) is 5.22. The first-order valence-electron chi connectivity index (χ1n) is 10.0. The minimum Gasteiger partial charge on any atom is -0.337 e. The second-order valence-electron chi connectivity index (χ2n) is 7.77. The van der Waals surface area contributed by atoms with Crippen molar-refractivity contribution >= 4 is 28.7 Å². The van der Waals surface area contributed by atoms with E-state index in [1.54, 1.807) is 0 Å². The fraction of sp³-hybridized carbons (Fsp3) is 0.391. The van der Waals surface area contributed by atoms with Crippen LogP contribution >= 0.6 is 11.8 Å². The monoisotopic (exact) mass is 393 g/mol. The van der Waals surface area contributed by atoms with Crippen molar-refractivity contribution in [1.82, 2.24) is 14.5 Å². The molecule has 3 aromatic rings. The molecule has 2 heterocycles. The van der Waals surface area contributed by atoms with Gasteiger partial charge in [-0.15, -0.1) is 0 Å². The van der Waals surface area contributed by atoms with E-state index in [2.05, 4.69) is 60.6 Å². The molecule has 4 nitrogen and oxygen atoms in total. The molecule has 2 atom stereocenters. The number of carbonyl (C=O) groups excluding carboxylic acids is 1. The lowest BCUT2D eigenvalue weighted by molar-refractivity contribution is -0.134. The van der Waals surface area contributed by atoms with Crippen LogP contribution in [0.4, 0.5) is 0 Å². The van der Waals surface area contributed by atoms with Gasteiger partial charge in [0.2, 0.25) is 5.91 Å². The van der Waals surface area contributed by atoms with Gasteiger partial charge in [-0.2, -0.15) is 0 Å². The fourth-order valence-electron chi connectivity index (χ4n) is 4.16. The van der Waals surface area contributed by atoms with E-state index in [0.717, 1.165) is 34.7 Å². The zero-order chi connectivity index (χ0) is 19.7. The predicted molar refractivity (Wildman–Crippen MR) is 116 cm³/mol. The quantitative estimate of drug-likeness (QED) is 0.571. The van der Waals surface area contributed by atoms with Gasteiger partial charge in [-0.1, -0.05) is 41.6 Å². The number of amides is 1. The Morgan fingerprint density at radius 1 is 1.07 bits per heavy atom. The summed E-state index contributed by atoms with van der Waals surface area (Å²) in [6.45, 7) is 6.42. The molecule has 0 saturated carbocycles. The maximum atomic E-state index is 13.0. The topological polar surface area (TPSA) is 38.1 Å². The van der Waals surface area contributed by atoms with Crippen molar-refractivity contribution in [3.05, 3.63) is 54.1 Å². The maximum absolute atomic E-state index is 13.0. The summed E-state index contributed by atoms with van der Waals surface area (Å²) >= 11 is 1.54. The van der Waals surface area contributed by atoms with Gasteiger partial charge < -0.3 is 4.90 Å². The van der Waals surface area contributed by atoms with Gasteiger partial charge in [-0.3, -0.25) is 9.36 Å². The Morgan fingerprint density at radius 3 is 2.46 bits per heavy atom. The van der Waals surface area contributed by atoms with Gasteiger partial charge in [0, 0.05) is 17.8 Å². The Bertz CT molecular complexity index is 969. The Labute approximate surface area is 170 Å². The molecular formula is C23H27N3OS. The Kier molecular flexibility index (Phi) is 5.44. The summed E-state index contributed by atoms with van der Waals surface area (Å²) in [6.07, 6.45) is 3.41. The number of aryl methyl sites for hydroxylation is 1. The number of piperidine rings is 1. The number of rotatable bonds is 4. The summed E-state index contributed by atoms with van der Waals surface area (Å²) in [4.78, 5) is 19.9. The van der Waals surface area contributed by atoms with Crippen LogP contribution in [-0.2, 0) is 4.79 Å². The van der Waals surface area contributed by atoms with Crippen molar-refractivity contribution in [1.29, 1.82) is 0 Å². The fourth-order valence-corrected chi connectivity index (χ4v) is 5.06. The molecule has 1 fully saturated rings. The van der Waals surface area contributed by atoms with E-state index < -0.39 is 0 Å². The van der Waals surface area contributed by atoms with Crippen molar-refractivity contribution in [3.63, 3.8) is 0 Å². The first-order valence-corrected chi connectivity index (χ1v) is 11.0. The molecule has 2 aromatic carbocycles. The number of thioether (sulfide) groups is 1. The normalized spacial score (nSPS) is 19.9. The number of carbonyl (C=O) groups is 1. The molecule has 0 radical (unpaired) electrons. The smallest absolute Gasteiger partial charge is 0.233 e. The highest BCUT2D eigenvalue weighted by Crippen LogP contribution is 2.30. The Morgan fingerprint density at radius 2 is 1.75 bits per heavy atom. The number of fused-ring (bicyclic) bond motifs is 1. The van der Waals surface area contributed by atoms with Gasteiger partial charge >= 0.3 is 0 Å². The molecule has 0 aliphatic carbocycles. The van der Waals surface area contributed by atoms with Gasteiger partial charge in [-0.05, 0) is 64.3 Å². The molecule has 146 valence electrons. The molecular weight excluding hydrogens is 366 g/mol. The number of hydrogen-bond donors (Lipinski definition) is 0. The first-order chi connectivity index (χ1) is 13.5. The highest BCUT2D eigenvalue weighted by molar-refractivity contribution is 7.99. The van der Waals surface area contributed by atoms with Crippen molar-refractivity contribution in [2.24, 2.45) is 0 Å². The number of nitrogens with zero attached hydrogens (tertiary/aromatic N) is 3. The van der Waals surface area contributed by atoms with Crippen LogP contribution in [-0.4, -0.2) is 38.2 Å². The van der Waals surface area contributed by atoms with Crippen molar-refractivity contribution < 1.29 is 4.79 Å².